The summed E-state index contributed by atoms with van der Waals surface area (Å²) in [4.78, 5) is 12.4. The second-order valence-corrected chi connectivity index (χ2v) is 9.41. The van der Waals surface area contributed by atoms with Gasteiger partial charge in [-0.05, 0) is 68.2 Å². The number of sulfonamides is 1. The van der Waals surface area contributed by atoms with Crippen LogP contribution in [-0.2, 0) is 10.0 Å². The number of nitrogens with zero attached hydrogens (tertiary/aromatic N) is 1. The van der Waals surface area contributed by atoms with E-state index in [4.69, 9.17) is 0 Å². The van der Waals surface area contributed by atoms with Crippen LogP contribution in [0.3, 0.4) is 0 Å². The van der Waals surface area contributed by atoms with Gasteiger partial charge in [0.05, 0.1) is 11.4 Å². The van der Waals surface area contributed by atoms with Crippen LogP contribution in [0.25, 0.3) is 0 Å². The lowest BCUT2D eigenvalue weighted by Gasteiger charge is -2.28. The fourth-order valence-corrected chi connectivity index (χ4v) is 6.17. The van der Waals surface area contributed by atoms with E-state index in [1.807, 2.05) is 0 Å². The van der Waals surface area contributed by atoms with E-state index in [1.54, 1.807) is 24.3 Å². The van der Waals surface area contributed by atoms with Gasteiger partial charge in [-0.1, -0.05) is 6.42 Å². The van der Waals surface area contributed by atoms with Crippen molar-refractivity contribution < 1.29 is 13.2 Å². The molecule has 5 nitrogen and oxygen atoms in total. The predicted molar refractivity (Wildman–Crippen MR) is 93.5 cm³/mol. The van der Waals surface area contributed by atoms with E-state index in [0.717, 1.165) is 25.2 Å². The second-order valence-electron chi connectivity index (χ2n) is 7.40. The summed E-state index contributed by atoms with van der Waals surface area (Å²) in [6.07, 6.45) is 6.53. The van der Waals surface area contributed by atoms with Crippen molar-refractivity contribution in [3.8, 4) is 0 Å². The van der Waals surface area contributed by atoms with E-state index in [9.17, 15) is 13.2 Å². The zero-order valence-corrected chi connectivity index (χ0v) is 14.6. The summed E-state index contributed by atoms with van der Waals surface area (Å²) in [6, 6.07) is 7.29. The van der Waals surface area contributed by atoms with Gasteiger partial charge in [0.15, 0.2) is 0 Å². The smallest absolute Gasteiger partial charge is 0.251 e. The number of amides is 1. The van der Waals surface area contributed by atoms with Gasteiger partial charge in [0.2, 0.25) is 10.0 Å². The molecule has 1 aromatic rings. The molecule has 3 atom stereocenters. The number of hydrogen-bond acceptors (Lipinski definition) is 3. The Kier molecular flexibility index (Phi) is 4.03. The highest BCUT2D eigenvalue weighted by molar-refractivity contribution is 7.92. The van der Waals surface area contributed by atoms with E-state index in [2.05, 4.69) is 5.32 Å². The first-order valence-electron chi connectivity index (χ1n) is 8.94. The number of benzene rings is 1. The quantitative estimate of drug-likeness (QED) is 0.913. The molecule has 2 bridgehead atoms. The standard InChI is InChI=1S/C18H24N2O3S/c21-18(19-17-12-13-3-4-15(17)11-13)14-5-7-16(8-6-14)20-9-1-2-10-24(20,22)23/h5-8,13,15,17H,1-4,9-12H2,(H,19,21)/t13-,15-,17-/m0/s1. The first kappa shape index (κ1) is 15.9. The molecule has 1 amide bonds. The van der Waals surface area contributed by atoms with Crippen LogP contribution < -0.4 is 9.62 Å². The van der Waals surface area contributed by atoms with E-state index in [1.165, 1.54) is 23.6 Å². The molecule has 6 heteroatoms. The number of hydrogen-bond donors (Lipinski definition) is 1. The molecule has 0 unspecified atom stereocenters. The van der Waals surface area contributed by atoms with Gasteiger partial charge in [0, 0.05) is 18.2 Å². The third-order valence-electron chi connectivity index (χ3n) is 5.82. The summed E-state index contributed by atoms with van der Waals surface area (Å²) in [7, 11) is -3.20. The fourth-order valence-electron chi connectivity index (χ4n) is 4.53. The lowest BCUT2D eigenvalue weighted by atomic mass is 9.95. The zero-order chi connectivity index (χ0) is 16.7. The third-order valence-corrected chi connectivity index (χ3v) is 7.69. The largest absolute Gasteiger partial charge is 0.349 e. The molecule has 0 aromatic heterocycles. The Hall–Kier alpha value is -1.56. The van der Waals surface area contributed by atoms with Crippen molar-refractivity contribution in [2.75, 3.05) is 16.6 Å². The van der Waals surface area contributed by atoms with Gasteiger partial charge >= 0.3 is 0 Å². The van der Waals surface area contributed by atoms with Crippen molar-refractivity contribution in [2.45, 2.75) is 44.6 Å². The Morgan fingerprint density at radius 3 is 2.50 bits per heavy atom. The van der Waals surface area contributed by atoms with Crippen molar-refractivity contribution in [3.63, 3.8) is 0 Å². The maximum atomic E-state index is 12.4. The van der Waals surface area contributed by atoms with Gasteiger partial charge in [0.25, 0.3) is 5.91 Å². The molecule has 3 aliphatic rings. The maximum Gasteiger partial charge on any atom is 0.251 e. The summed E-state index contributed by atoms with van der Waals surface area (Å²) in [5.74, 6) is 1.61. The van der Waals surface area contributed by atoms with Crippen molar-refractivity contribution in [2.24, 2.45) is 11.8 Å². The molecule has 1 aromatic carbocycles. The van der Waals surface area contributed by atoms with Crippen LogP contribution in [0.1, 0.15) is 48.9 Å². The number of fused-ring (bicyclic) bond motifs is 2. The van der Waals surface area contributed by atoms with Gasteiger partial charge in [-0.15, -0.1) is 0 Å². The molecule has 130 valence electrons. The van der Waals surface area contributed by atoms with Gasteiger partial charge < -0.3 is 5.32 Å². The molecule has 3 fully saturated rings. The number of anilines is 1. The van der Waals surface area contributed by atoms with Gasteiger partial charge in [-0.2, -0.15) is 0 Å². The second kappa shape index (κ2) is 6.06. The fraction of sp³-hybridized carbons (Fsp3) is 0.611. The van der Waals surface area contributed by atoms with Crippen molar-refractivity contribution in [1.82, 2.24) is 5.32 Å². The highest BCUT2D eigenvalue weighted by atomic mass is 32.2. The SMILES string of the molecule is O=C(N[C@H]1C[C@H]2CC[C@H]1C2)c1ccc(N2CCCCS2(=O)=O)cc1. The van der Waals surface area contributed by atoms with Crippen LogP contribution in [-0.4, -0.2) is 32.7 Å². The number of rotatable bonds is 3. The molecule has 1 heterocycles. The summed E-state index contributed by atoms with van der Waals surface area (Å²) < 4.78 is 25.8. The van der Waals surface area contributed by atoms with Crippen LogP contribution in [0.5, 0.6) is 0 Å². The normalized spacial score (nSPS) is 31.2. The van der Waals surface area contributed by atoms with E-state index >= 15 is 0 Å². The molecule has 1 aliphatic heterocycles. The highest BCUT2D eigenvalue weighted by Gasteiger charge is 2.40. The summed E-state index contributed by atoms with van der Waals surface area (Å²) in [5, 5.41) is 3.17. The first-order valence-corrected chi connectivity index (χ1v) is 10.6. The predicted octanol–water partition coefficient (Wildman–Crippen LogP) is 2.54. The van der Waals surface area contributed by atoms with Gasteiger partial charge in [-0.25, -0.2) is 8.42 Å². The maximum absolute atomic E-state index is 12.4. The minimum Gasteiger partial charge on any atom is -0.349 e. The molecule has 0 spiro atoms. The molecule has 1 N–H and O–H groups in total. The number of carbonyl (C=O) groups is 1. The van der Waals surface area contributed by atoms with Crippen LogP contribution in [0.15, 0.2) is 24.3 Å². The number of nitrogens with one attached hydrogen (secondary N) is 1. The van der Waals surface area contributed by atoms with Crippen LogP contribution in [0.4, 0.5) is 5.69 Å². The Labute approximate surface area is 143 Å². The Balaban J connectivity index is 1.44. The summed E-state index contributed by atoms with van der Waals surface area (Å²) in [5.41, 5.74) is 1.27. The van der Waals surface area contributed by atoms with E-state index < -0.39 is 10.0 Å². The Morgan fingerprint density at radius 2 is 1.88 bits per heavy atom. The van der Waals surface area contributed by atoms with Crippen LogP contribution in [0.2, 0.25) is 0 Å². The van der Waals surface area contributed by atoms with Crippen molar-refractivity contribution >= 4 is 21.6 Å². The minimum atomic E-state index is -3.20. The molecule has 1 saturated heterocycles. The molecule has 4 rings (SSSR count). The Bertz CT molecular complexity index is 729. The molecule has 2 saturated carbocycles. The van der Waals surface area contributed by atoms with Crippen LogP contribution >= 0.6 is 0 Å². The van der Waals surface area contributed by atoms with Gasteiger partial charge in [-0.3, -0.25) is 9.10 Å². The first-order chi connectivity index (χ1) is 11.5. The van der Waals surface area contributed by atoms with Crippen molar-refractivity contribution in [3.05, 3.63) is 29.8 Å². The zero-order valence-electron chi connectivity index (χ0n) is 13.8. The lowest BCUT2D eigenvalue weighted by Crippen LogP contribution is -2.39. The topological polar surface area (TPSA) is 66.5 Å². The molecular weight excluding hydrogens is 324 g/mol. The van der Waals surface area contributed by atoms with E-state index in [-0.39, 0.29) is 11.7 Å². The minimum absolute atomic E-state index is 0.0411. The molecule has 2 aliphatic carbocycles. The summed E-state index contributed by atoms with van der Waals surface area (Å²) in [6.45, 7) is 0.527. The highest BCUT2D eigenvalue weighted by Crippen LogP contribution is 2.44. The number of carbonyl (C=O) groups excluding carboxylic acids is 1. The third kappa shape index (κ3) is 2.92. The van der Waals surface area contributed by atoms with Gasteiger partial charge in [0.1, 0.15) is 0 Å². The molecule has 24 heavy (non-hydrogen) atoms. The molecular formula is C18H24N2O3S. The Morgan fingerprint density at radius 1 is 1.08 bits per heavy atom. The van der Waals surface area contributed by atoms with Crippen molar-refractivity contribution in [1.29, 1.82) is 0 Å². The average molecular weight is 348 g/mol. The lowest BCUT2D eigenvalue weighted by molar-refractivity contribution is 0.0923. The van der Waals surface area contributed by atoms with E-state index in [0.29, 0.717) is 29.8 Å². The summed E-state index contributed by atoms with van der Waals surface area (Å²) >= 11 is 0. The average Bonchev–Trinajstić information content (AvgIpc) is 3.17. The molecule has 0 radical (unpaired) electrons. The van der Waals surface area contributed by atoms with Crippen LogP contribution in [0, 0.1) is 11.8 Å². The monoisotopic (exact) mass is 348 g/mol.